The second-order valence-electron chi connectivity index (χ2n) is 5.53. The van der Waals surface area contributed by atoms with E-state index in [0.717, 1.165) is 6.42 Å². The number of rotatable bonds is 2. The fourth-order valence-electron chi connectivity index (χ4n) is 2.20. The van der Waals surface area contributed by atoms with Gasteiger partial charge in [-0.25, -0.2) is 0 Å². The molecule has 1 saturated carbocycles. The van der Waals surface area contributed by atoms with Crippen LogP contribution < -0.4 is 20.5 Å². The van der Waals surface area contributed by atoms with Crippen LogP contribution in [0.25, 0.3) is 0 Å². The maximum Gasteiger partial charge on any atom is 0.231 e. The molecule has 1 amide bonds. The number of fused-ring (bicyclic) bond motifs is 1. The molecular weight excluding hydrogens is 268 g/mol. The summed E-state index contributed by atoms with van der Waals surface area (Å²) in [6.07, 6.45) is 0.920. The molecule has 3 rings (SSSR count). The van der Waals surface area contributed by atoms with E-state index in [1.165, 1.54) is 0 Å². The molecule has 1 atom stereocenters. The summed E-state index contributed by atoms with van der Waals surface area (Å²) in [5, 5.41) is 2.86. The SMILES string of the molecule is CC1(C)CC1C(=O)Nc1cc2c(cc1N)OCO2.Cl. The number of halogens is 1. The maximum atomic E-state index is 12.0. The van der Waals surface area contributed by atoms with Crippen LogP contribution in [0.4, 0.5) is 11.4 Å². The Balaban J connectivity index is 0.00000133. The number of anilines is 2. The lowest BCUT2D eigenvalue weighted by molar-refractivity contribution is -0.117. The van der Waals surface area contributed by atoms with Crippen molar-refractivity contribution in [3.8, 4) is 11.5 Å². The average Bonchev–Trinajstić information content (AvgIpc) is 2.71. The standard InChI is InChI=1S/C13H16N2O3.ClH/c1-13(2)5-7(13)12(16)15-9-4-11-10(3-8(9)14)17-6-18-11;/h3-4,7H,5-6,14H2,1-2H3,(H,15,16);1H. The van der Waals surface area contributed by atoms with Gasteiger partial charge in [-0.2, -0.15) is 0 Å². The smallest absolute Gasteiger partial charge is 0.231 e. The fraction of sp³-hybridized carbons (Fsp3) is 0.462. The van der Waals surface area contributed by atoms with E-state index in [-0.39, 0.29) is 36.4 Å². The number of benzene rings is 1. The highest BCUT2D eigenvalue weighted by Gasteiger charge is 2.50. The molecule has 19 heavy (non-hydrogen) atoms. The molecule has 0 bridgehead atoms. The van der Waals surface area contributed by atoms with Crippen molar-refractivity contribution in [2.75, 3.05) is 17.8 Å². The highest BCUT2D eigenvalue weighted by molar-refractivity contribution is 5.98. The van der Waals surface area contributed by atoms with Crippen LogP contribution in [0.3, 0.4) is 0 Å². The largest absolute Gasteiger partial charge is 0.454 e. The fourth-order valence-corrected chi connectivity index (χ4v) is 2.20. The Hall–Kier alpha value is -1.62. The topological polar surface area (TPSA) is 73.6 Å². The molecule has 5 nitrogen and oxygen atoms in total. The number of hydrogen-bond acceptors (Lipinski definition) is 4. The van der Waals surface area contributed by atoms with E-state index in [4.69, 9.17) is 15.2 Å². The predicted octanol–water partition coefficient (Wildman–Crippen LogP) is 2.40. The minimum Gasteiger partial charge on any atom is -0.454 e. The van der Waals surface area contributed by atoms with Crippen molar-refractivity contribution in [3.63, 3.8) is 0 Å². The molecule has 1 fully saturated rings. The lowest BCUT2D eigenvalue weighted by Crippen LogP contribution is -2.17. The van der Waals surface area contributed by atoms with Crippen molar-refractivity contribution in [3.05, 3.63) is 12.1 Å². The van der Waals surface area contributed by atoms with Gasteiger partial charge in [-0.15, -0.1) is 12.4 Å². The van der Waals surface area contributed by atoms with Gasteiger partial charge < -0.3 is 20.5 Å². The number of nitrogens with one attached hydrogen (secondary N) is 1. The van der Waals surface area contributed by atoms with Gasteiger partial charge in [0.2, 0.25) is 12.7 Å². The Morgan fingerprint density at radius 2 is 1.95 bits per heavy atom. The molecule has 1 aliphatic heterocycles. The molecule has 1 aromatic rings. The molecule has 0 radical (unpaired) electrons. The van der Waals surface area contributed by atoms with Gasteiger partial charge in [0.1, 0.15) is 0 Å². The van der Waals surface area contributed by atoms with Crippen LogP contribution in [0.2, 0.25) is 0 Å². The van der Waals surface area contributed by atoms with Gasteiger partial charge in [-0.1, -0.05) is 13.8 Å². The quantitative estimate of drug-likeness (QED) is 0.818. The molecule has 1 aromatic carbocycles. The summed E-state index contributed by atoms with van der Waals surface area (Å²) >= 11 is 0. The highest BCUT2D eigenvalue weighted by atomic mass is 35.5. The predicted molar refractivity (Wildman–Crippen MR) is 74.7 cm³/mol. The average molecular weight is 285 g/mol. The second kappa shape index (κ2) is 4.49. The monoisotopic (exact) mass is 284 g/mol. The van der Waals surface area contributed by atoms with Gasteiger partial charge in [0.25, 0.3) is 0 Å². The van der Waals surface area contributed by atoms with Gasteiger partial charge in [0.15, 0.2) is 11.5 Å². The van der Waals surface area contributed by atoms with E-state index >= 15 is 0 Å². The van der Waals surface area contributed by atoms with E-state index in [0.29, 0.717) is 22.9 Å². The van der Waals surface area contributed by atoms with Gasteiger partial charge in [0, 0.05) is 18.1 Å². The third kappa shape index (κ3) is 2.42. The Morgan fingerprint density at radius 1 is 1.37 bits per heavy atom. The first-order valence-corrected chi connectivity index (χ1v) is 5.97. The minimum absolute atomic E-state index is 0. The summed E-state index contributed by atoms with van der Waals surface area (Å²) in [5.74, 6) is 1.33. The summed E-state index contributed by atoms with van der Waals surface area (Å²) in [7, 11) is 0. The van der Waals surface area contributed by atoms with Gasteiger partial charge >= 0.3 is 0 Å². The molecule has 6 heteroatoms. The summed E-state index contributed by atoms with van der Waals surface area (Å²) in [6, 6.07) is 3.39. The van der Waals surface area contributed by atoms with Crippen molar-refractivity contribution in [1.82, 2.24) is 0 Å². The Labute approximate surface area is 117 Å². The summed E-state index contributed by atoms with van der Waals surface area (Å²) in [4.78, 5) is 12.0. The van der Waals surface area contributed by atoms with Crippen LogP contribution in [0.1, 0.15) is 20.3 Å². The van der Waals surface area contributed by atoms with Crippen molar-refractivity contribution in [2.45, 2.75) is 20.3 Å². The number of carbonyl (C=O) groups is 1. The van der Waals surface area contributed by atoms with Crippen molar-refractivity contribution in [1.29, 1.82) is 0 Å². The van der Waals surface area contributed by atoms with Crippen molar-refractivity contribution >= 4 is 29.7 Å². The van der Waals surface area contributed by atoms with Gasteiger partial charge in [-0.3, -0.25) is 4.79 Å². The normalized spacial score (nSPS) is 21.5. The molecule has 0 spiro atoms. The van der Waals surface area contributed by atoms with Crippen LogP contribution in [0.5, 0.6) is 11.5 Å². The number of hydrogen-bond donors (Lipinski definition) is 2. The third-order valence-electron chi connectivity index (χ3n) is 3.63. The Morgan fingerprint density at radius 3 is 2.53 bits per heavy atom. The van der Waals surface area contributed by atoms with E-state index in [1.807, 2.05) is 0 Å². The Bertz CT molecular complexity index is 531. The zero-order chi connectivity index (χ0) is 12.9. The molecular formula is C13H17ClN2O3. The number of ether oxygens (including phenoxy) is 2. The lowest BCUT2D eigenvalue weighted by atomic mass is 10.1. The first-order chi connectivity index (χ1) is 8.47. The highest BCUT2D eigenvalue weighted by Crippen LogP contribution is 2.52. The molecule has 1 unspecified atom stereocenters. The first-order valence-electron chi connectivity index (χ1n) is 5.97. The maximum absolute atomic E-state index is 12.0. The van der Waals surface area contributed by atoms with Crippen LogP contribution in [0, 0.1) is 11.3 Å². The summed E-state index contributed by atoms with van der Waals surface area (Å²) < 4.78 is 10.5. The zero-order valence-corrected chi connectivity index (χ0v) is 11.7. The number of amides is 1. The van der Waals surface area contributed by atoms with Crippen LogP contribution >= 0.6 is 12.4 Å². The van der Waals surface area contributed by atoms with E-state index in [9.17, 15) is 4.79 Å². The number of nitrogen functional groups attached to an aromatic ring is 1. The summed E-state index contributed by atoms with van der Waals surface area (Å²) in [6.45, 7) is 4.36. The van der Waals surface area contributed by atoms with Crippen LogP contribution in [0.15, 0.2) is 12.1 Å². The van der Waals surface area contributed by atoms with E-state index < -0.39 is 0 Å². The van der Waals surface area contributed by atoms with E-state index in [2.05, 4.69) is 19.2 Å². The lowest BCUT2D eigenvalue weighted by Gasteiger charge is -2.10. The van der Waals surface area contributed by atoms with Crippen LogP contribution in [-0.2, 0) is 4.79 Å². The second-order valence-corrected chi connectivity index (χ2v) is 5.53. The molecule has 0 saturated heterocycles. The summed E-state index contributed by atoms with van der Waals surface area (Å²) in [5.41, 5.74) is 7.07. The molecule has 2 aliphatic rings. The van der Waals surface area contributed by atoms with Gasteiger partial charge in [-0.05, 0) is 11.8 Å². The number of carbonyl (C=O) groups excluding carboxylic acids is 1. The van der Waals surface area contributed by atoms with Crippen LogP contribution in [-0.4, -0.2) is 12.7 Å². The molecule has 3 N–H and O–H groups in total. The molecule has 104 valence electrons. The molecule has 1 heterocycles. The minimum atomic E-state index is 0. The number of nitrogens with two attached hydrogens (primary N) is 1. The zero-order valence-electron chi connectivity index (χ0n) is 10.9. The van der Waals surface area contributed by atoms with Crippen molar-refractivity contribution < 1.29 is 14.3 Å². The van der Waals surface area contributed by atoms with Gasteiger partial charge in [0.05, 0.1) is 11.4 Å². The first kappa shape index (κ1) is 13.8. The van der Waals surface area contributed by atoms with E-state index in [1.54, 1.807) is 12.1 Å². The third-order valence-corrected chi connectivity index (χ3v) is 3.63. The Kier molecular flexibility index (Phi) is 3.26. The molecule has 1 aliphatic carbocycles. The van der Waals surface area contributed by atoms with Crippen molar-refractivity contribution in [2.24, 2.45) is 11.3 Å². The molecule has 0 aromatic heterocycles.